The molecule has 0 bridgehead atoms. The van der Waals surface area contributed by atoms with Crippen LogP contribution in [0.5, 0.6) is 0 Å². The fraction of sp³-hybridized carbons (Fsp3) is 0.444. The van der Waals surface area contributed by atoms with Crippen LogP contribution in [0, 0.1) is 12.7 Å². The molecule has 26 heavy (non-hydrogen) atoms. The van der Waals surface area contributed by atoms with Gasteiger partial charge < -0.3 is 10.4 Å². The molecular formula is C18H24FN5O2. The molecule has 7 nitrogen and oxygen atoms in total. The van der Waals surface area contributed by atoms with E-state index in [-0.39, 0.29) is 19.1 Å². The number of nitrogens with zero attached hydrogens (tertiary/aromatic N) is 4. The highest BCUT2D eigenvalue weighted by molar-refractivity contribution is 5.91. The van der Waals surface area contributed by atoms with Crippen LogP contribution in [0.4, 0.5) is 10.2 Å². The number of amides is 1. The van der Waals surface area contributed by atoms with Crippen molar-refractivity contribution in [3.63, 3.8) is 0 Å². The first-order valence-corrected chi connectivity index (χ1v) is 8.74. The maximum Gasteiger partial charge on any atom is 0.239 e. The lowest BCUT2D eigenvalue weighted by Gasteiger charge is -2.33. The van der Waals surface area contributed by atoms with Crippen molar-refractivity contribution >= 4 is 11.7 Å². The van der Waals surface area contributed by atoms with Gasteiger partial charge in [-0.1, -0.05) is 12.1 Å². The number of aryl methyl sites for hydroxylation is 1. The number of aromatic nitrogens is 2. The van der Waals surface area contributed by atoms with Crippen LogP contribution in [0.1, 0.15) is 5.69 Å². The van der Waals surface area contributed by atoms with Crippen molar-refractivity contribution in [2.24, 2.45) is 0 Å². The predicted molar refractivity (Wildman–Crippen MR) is 96.9 cm³/mol. The zero-order chi connectivity index (χ0) is 18.5. The highest BCUT2D eigenvalue weighted by Gasteiger charge is 2.20. The molecule has 1 aliphatic rings. The SMILES string of the molecule is Cc1cc(NC(=O)CN2CCN(CCO)CC2)n(-c2ccccc2F)n1. The van der Waals surface area contributed by atoms with E-state index in [2.05, 4.69) is 20.2 Å². The van der Waals surface area contributed by atoms with E-state index in [0.717, 1.165) is 26.2 Å². The molecule has 0 spiro atoms. The number of halogens is 1. The van der Waals surface area contributed by atoms with Crippen molar-refractivity contribution in [2.45, 2.75) is 6.92 Å². The lowest BCUT2D eigenvalue weighted by atomic mass is 10.3. The molecule has 0 aliphatic carbocycles. The van der Waals surface area contributed by atoms with Gasteiger partial charge in [-0.05, 0) is 19.1 Å². The fourth-order valence-corrected chi connectivity index (χ4v) is 3.09. The monoisotopic (exact) mass is 361 g/mol. The summed E-state index contributed by atoms with van der Waals surface area (Å²) in [6.45, 7) is 6.11. The van der Waals surface area contributed by atoms with E-state index in [9.17, 15) is 9.18 Å². The number of nitrogens with one attached hydrogen (secondary N) is 1. The molecule has 1 aliphatic heterocycles. The lowest BCUT2D eigenvalue weighted by molar-refractivity contribution is -0.117. The summed E-state index contributed by atoms with van der Waals surface area (Å²) < 4.78 is 15.5. The van der Waals surface area contributed by atoms with Gasteiger partial charge in [0.05, 0.1) is 18.8 Å². The number of carbonyl (C=O) groups excluding carboxylic acids is 1. The van der Waals surface area contributed by atoms with Gasteiger partial charge >= 0.3 is 0 Å². The van der Waals surface area contributed by atoms with E-state index >= 15 is 0 Å². The van der Waals surface area contributed by atoms with Crippen LogP contribution < -0.4 is 5.32 Å². The van der Waals surface area contributed by atoms with E-state index in [1.807, 2.05) is 0 Å². The van der Waals surface area contributed by atoms with E-state index in [0.29, 0.717) is 23.7 Å². The zero-order valence-corrected chi connectivity index (χ0v) is 14.9. The number of carbonyl (C=O) groups is 1. The Kier molecular flexibility index (Phi) is 5.97. The molecule has 8 heteroatoms. The molecule has 0 radical (unpaired) electrons. The summed E-state index contributed by atoms with van der Waals surface area (Å²) in [6, 6.07) is 8.06. The third-order valence-corrected chi connectivity index (χ3v) is 4.43. The molecule has 2 heterocycles. The Morgan fingerprint density at radius 1 is 1.23 bits per heavy atom. The number of β-amino-alcohol motifs (C(OH)–C–C–N with tert-alkyl or cyclic N) is 1. The van der Waals surface area contributed by atoms with E-state index in [4.69, 9.17) is 5.11 Å². The number of hydrogen-bond acceptors (Lipinski definition) is 5. The number of aliphatic hydroxyl groups excluding tert-OH is 1. The number of aliphatic hydroxyl groups is 1. The number of piperazine rings is 1. The smallest absolute Gasteiger partial charge is 0.239 e. The zero-order valence-electron chi connectivity index (χ0n) is 14.9. The fourth-order valence-electron chi connectivity index (χ4n) is 3.09. The molecule has 0 atom stereocenters. The number of rotatable bonds is 6. The quantitative estimate of drug-likeness (QED) is 0.799. The lowest BCUT2D eigenvalue weighted by Crippen LogP contribution is -2.49. The van der Waals surface area contributed by atoms with Crippen molar-refractivity contribution < 1.29 is 14.3 Å². The normalized spacial score (nSPS) is 16.0. The standard InChI is InChI=1S/C18H24FN5O2/c1-14-12-17(24(21-14)16-5-3-2-4-15(16)19)20-18(26)13-23-8-6-22(7-9-23)10-11-25/h2-5,12,25H,6-11,13H2,1H3,(H,20,26). The maximum absolute atomic E-state index is 14.1. The van der Waals surface area contributed by atoms with Gasteiger partial charge in [-0.15, -0.1) is 0 Å². The Hall–Kier alpha value is -2.29. The molecule has 1 amide bonds. The summed E-state index contributed by atoms with van der Waals surface area (Å²) in [6.07, 6.45) is 0. The van der Waals surface area contributed by atoms with Gasteiger partial charge in [0.15, 0.2) is 0 Å². The summed E-state index contributed by atoms with van der Waals surface area (Å²) in [4.78, 5) is 16.7. The topological polar surface area (TPSA) is 73.6 Å². The van der Waals surface area contributed by atoms with Crippen LogP contribution in [0.25, 0.3) is 5.69 Å². The molecule has 0 saturated carbocycles. The Morgan fingerprint density at radius 2 is 1.92 bits per heavy atom. The number of benzene rings is 1. The van der Waals surface area contributed by atoms with Crippen molar-refractivity contribution in [3.05, 3.63) is 41.8 Å². The summed E-state index contributed by atoms with van der Waals surface area (Å²) in [5.41, 5.74) is 0.995. The maximum atomic E-state index is 14.1. The van der Waals surface area contributed by atoms with Crippen LogP contribution in [-0.2, 0) is 4.79 Å². The number of para-hydroxylation sites is 1. The molecule has 1 fully saturated rings. The van der Waals surface area contributed by atoms with E-state index in [1.165, 1.54) is 10.7 Å². The third-order valence-electron chi connectivity index (χ3n) is 4.43. The summed E-state index contributed by atoms with van der Waals surface area (Å²) in [5.74, 6) is -0.0966. The largest absolute Gasteiger partial charge is 0.395 e. The molecule has 3 rings (SSSR count). The van der Waals surface area contributed by atoms with Gasteiger partial charge in [0.25, 0.3) is 0 Å². The molecule has 0 unspecified atom stereocenters. The molecule has 140 valence electrons. The van der Waals surface area contributed by atoms with Gasteiger partial charge in [0, 0.05) is 38.8 Å². The third kappa shape index (κ3) is 4.46. The van der Waals surface area contributed by atoms with Crippen molar-refractivity contribution in [2.75, 3.05) is 51.2 Å². The van der Waals surface area contributed by atoms with Crippen molar-refractivity contribution in [3.8, 4) is 5.69 Å². The van der Waals surface area contributed by atoms with Gasteiger partial charge in [-0.2, -0.15) is 5.10 Å². The highest BCUT2D eigenvalue weighted by atomic mass is 19.1. The second-order valence-electron chi connectivity index (χ2n) is 6.42. The number of hydrogen-bond donors (Lipinski definition) is 2. The molecule has 2 N–H and O–H groups in total. The predicted octanol–water partition coefficient (Wildman–Crippen LogP) is 0.868. The van der Waals surface area contributed by atoms with Crippen LogP contribution >= 0.6 is 0 Å². The van der Waals surface area contributed by atoms with Crippen molar-refractivity contribution in [1.82, 2.24) is 19.6 Å². The first-order valence-electron chi connectivity index (χ1n) is 8.74. The molecule has 1 saturated heterocycles. The first kappa shape index (κ1) is 18.5. The second kappa shape index (κ2) is 8.39. The summed E-state index contributed by atoms with van der Waals surface area (Å²) in [5, 5.41) is 16.1. The van der Waals surface area contributed by atoms with E-state index < -0.39 is 5.82 Å². The average molecular weight is 361 g/mol. The van der Waals surface area contributed by atoms with Crippen LogP contribution in [-0.4, -0.2) is 76.5 Å². The van der Waals surface area contributed by atoms with Gasteiger partial charge in [-0.25, -0.2) is 9.07 Å². The van der Waals surface area contributed by atoms with Crippen molar-refractivity contribution in [1.29, 1.82) is 0 Å². The van der Waals surface area contributed by atoms with Crippen LogP contribution in [0.15, 0.2) is 30.3 Å². The molecule has 1 aromatic carbocycles. The summed E-state index contributed by atoms with van der Waals surface area (Å²) >= 11 is 0. The Bertz CT molecular complexity index is 756. The first-order chi connectivity index (χ1) is 12.6. The summed E-state index contributed by atoms with van der Waals surface area (Å²) in [7, 11) is 0. The minimum Gasteiger partial charge on any atom is -0.395 e. The number of anilines is 1. The molecule has 1 aromatic heterocycles. The van der Waals surface area contributed by atoms with Crippen LogP contribution in [0.3, 0.4) is 0 Å². The molecule has 2 aromatic rings. The van der Waals surface area contributed by atoms with E-state index in [1.54, 1.807) is 31.2 Å². The van der Waals surface area contributed by atoms with Gasteiger partial charge in [0.1, 0.15) is 17.3 Å². The Morgan fingerprint density at radius 3 is 2.62 bits per heavy atom. The van der Waals surface area contributed by atoms with Crippen LogP contribution in [0.2, 0.25) is 0 Å². The minimum absolute atomic E-state index is 0.153. The van der Waals surface area contributed by atoms with Gasteiger partial charge in [0.2, 0.25) is 5.91 Å². The highest BCUT2D eigenvalue weighted by Crippen LogP contribution is 2.19. The van der Waals surface area contributed by atoms with Gasteiger partial charge in [-0.3, -0.25) is 14.6 Å². The second-order valence-corrected chi connectivity index (χ2v) is 6.42. The Labute approximate surface area is 152 Å². The average Bonchev–Trinajstić information content (AvgIpc) is 2.97. The molecular weight excluding hydrogens is 337 g/mol. The minimum atomic E-state index is -0.397. The Balaban J connectivity index is 1.63.